The highest BCUT2D eigenvalue weighted by Gasteiger charge is 2.34. The molecule has 2 rings (SSSR count). The highest BCUT2D eigenvalue weighted by Crippen LogP contribution is 2.43. The smallest absolute Gasteiger partial charge is 0.0871 e. The molecule has 1 saturated carbocycles. The zero-order valence-electron chi connectivity index (χ0n) is 10.2. The van der Waals surface area contributed by atoms with Crippen molar-refractivity contribution in [3.63, 3.8) is 0 Å². The quantitative estimate of drug-likeness (QED) is 0.640. The lowest BCUT2D eigenvalue weighted by Crippen LogP contribution is -2.21. The molecule has 1 nitrogen and oxygen atoms in total. The van der Waals surface area contributed by atoms with Crippen LogP contribution >= 0.6 is 0 Å². The molecule has 2 aliphatic rings. The molecule has 1 heteroatoms. The largest absolute Gasteiger partial charge is 0.385 e. The summed E-state index contributed by atoms with van der Waals surface area (Å²) in [6.45, 7) is 6.20. The molecule has 0 heterocycles. The van der Waals surface area contributed by atoms with E-state index < -0.39 is 5.60 Å². The summed E-state index contributed by atoms with van der Waals surface area (Å²) in [6.07, 6.45) is 7.43. The summed E-state index contributed by atoms with van der Waals surface area (Å²) in [5.41, 5.74) is 5.05. The van der Waals surface area contributed by atoms with Crippen molar-refractivity contribution in [1.82, 2.24) is 0 Å². The van der Waals surface area contributed by atoms with E-state index in [1.165, 1.54) is 48.8 Å². The third-order valence-electron chi connectivity index (χ3n) is 4.23. The van der Waals surface area contributed by atoms with Gasteiger partial charge in [-0.05, 0) is 63.2 Å². The van der Waals surface area contributed by atoms with Gasteiger partial charge in [-0.3, -0.25) is 0 Å². The van der Waals surface area contributed by atoms with Crippen LogP contribution in [0.25, 0.3) is 0 Å². The summed E-state index contributed by atoms with van der Waals surface area (Å²) < 4.78 is 0. The predicted octanol–water partition coefficient (Wildman–Crippen LogP) is 3.74. The van der Waals surface area contributed by atoms with Crippen LogP contribution in [0, 0.1) is 0 Å². The Morgan fingerprint density at radius 3 is 2.13 bits per heavy atom. The maximum Gasteiger partial charge on any atom is 0.0871 e. The third-order valence-corrected chi connectivity index (χ3v) is 4.23. The maximum atomic E-state index is 10.2. The molecule has 0 saturated heterocycles. The van der Waals surface area contributed by atoms with Crippen LogP contribution in [0.2, 0.25) is 0 Å². The highest BCUT2D eigenvalue weighted by molar-refractivity contribution is 5.47. The predicted molar refractivity (Wildman–Crippen MR) is 63.7 cm³/mol. The van der Waals surface area contributed by atoms with Crippen LogP contribution in [-0.2, 0) is 0 Å². The molecule has 1 atom stereocenters. The van der Waals surface area contributed by atoms with Gasteiger partial charge >= 0.3 is 0 Å². The summed E-state index contributed by atoms with van der Waals surface area (Å²) in [7, 11) is 0. The van der Waals surface area contributed by atoms with Crippen molar-refractivity contribution in [3.8, 4) is 0 Å². The normalized spacial score (nSPS) is 32.8. The van der Waals surface area contributed by atoms with Gasteiger partial charge in [0.15, 0.2) is 0 Å². The van der Waals surface area contributed by atoms with Crippen molar-refractivity contribution in [2.24, 2.45) is 0 Å². The van der Waals surface area contributed by atoms with Crippen molar-refractivity contribution < 1.29 is 5.11 Å². The second-order valence-electron chi connectivity index (χ2n) is 5.34. The van der Waals surface area contributed by atoms with Crippen LogP contribution in [0.1, 0.15) is 59.3 Å². The average Bonchev–Trinajstić information content (AvgIpc) is 2.44. The zero-order chi connectivity index (χ0) is 11.1. The number of hydrogen-bond donors (Lipinski definition) is 1. The Labute approximate surface area is 92.9 Å². The Balaban J connectivity index is 2.33. The van der Waals surface area contributed by atoms with Crippen LogP contribution in [0.4, 0.5) is 0 Å². The molecule has 2 aliphatic carbocycles. The Bertz CT molecular complexity index is 323. The minimum atomic E-state index is -0.580. The van der Waals surface area contributed by atoms with Crippen molar-refractivity contribution in [2.75, 3.05) is 0 Å². The van der Waals surface area contributed by atoms with Crippen LogP contribution in [-0.4, -0.2) is 10.7 Å². The molecule has 0 radical (unpaired) electrons. The maximum absolute atomic E-state index is 10.2. The van der Waals surface area contributed by atoms with Crippen LogP contribution in [0.5, 0.6) is 0 Å². The molecule has 0 spiro atoms. The SMILES string of the molecule is CC1=C(C)C(C)(O)CC1=C1CCCCC1. The fourth-order valence-electron chi connectivity index (χ4n) is 2.91. The van der Waals surface area contributed by atoms with Crippen molar-refractivity contribution in [2.45, 2.75) is 64.9 Å². The fourth-order valence-corrected chi connectivity index (χ4v) is 2.91. The monoisotopic (exact) mass is 206 g/mol. The van der Waals surface area contributed by atoms with Gasteiger partial charge in [-0.25, -0.2) is 0 Å². The van der Waals surface area contributed by atoms with Crippen LogP contribution in [0.15, 0.2) is 22.3 Å². The minimum Gasteiger partial charge on any atom is -0.385 e. The Morgan fingerprint density at radius 1 is 1.07 bits per heavy atom. The second-order valence-corrected chi connectivity index (χ2v) is 5.34. The number of hydrogen-bond acceptors (Lipinski definition) is 1. The molecule has 0 aromatic rings. The summed E-state index contributed by atoms with van der Waals surface area (Å²) in [5.74, 6) is 0. The number of rotatable bonds is 0. The van der Waals surface area contributed by atoms with Crippen LogP contribution < -0.4 is 0 Å². The van der Waals surface area contributed by atoms with Gasteiger partial charge in [-0.1, -0.05) is 12.0 Å². The standard InChI is InChI=1S/C14H22O/c1-10-11(2)14(3,15)9-13(10)12-7-5-4-6-8-12/h15H,4-9H2,1-3H3. The van der Waals surface area contributed by atoms with E-state index in [1.807, 2.05) is 6.92 Å². The molecule has 0 aromatic carbocycles. The topological polar surface area (TPSA) is 20.2 Å². The summed E-state index contributed by atoms with van der Waals surface area (Å²) >= 11 is 0. The van der Waals surface area contributed by atoms with Gasteiger partial charge in [0.05, 0.1) is 5.60 Å². The van der Waals surface area contributed by atoms with E-state index in [-0.39, 0.29) is 0 Å². The Kier molecular flexibility index (Phi) is 2.76. The third kappa shape index (κ3) is 1.90. The molecular formula is C14H22O. The van der Waals surface area contributed by atoms with E-state index in [0.29, 0.717) is 0 Å². The van der Waals surface area contributed by atoms with E-state index in [1.54, 1.807) is 5.57 Å². The molecular weight excluding hydrogens is 184 g/mol. The van der Waals surface area contributed by atoms with E-state index in [2.05, 4.69) is 13.8 Å². The minimum absolute atomic E-state index is 0.580. The molecule has 84 valence electrons. The first kappa shape index (κ1) is 10.9. The molecule has 0 aromatic heterocycles. The fraction of sp³-hybridized carbons (Fsp3) is 0.714. The zero-order valence-corrected chi connectivity index (χ0v) is 10.2. The summed E-state index contributed by atoms with van der Waals surface area (Å²) in [6, 6.07) is 0. The van der Waals surface area contributed by atoms with Gasteiger partial charge in [-0.2, -0.15) is 0 Å². The molecule has 1 N–H and O–H groups in total. The summed E-state index contributed by atoms with van der Waals surface area (Å²) in [5, 5.41) is 10.2. The van der Waals surface area contributed by atoms with Gasteiger partial charge in [0.25, 0.3) is 0 Å². The Morgan fingerprint density at radius 2 is 1.67 bits per heavy atom. The lowest BCUT2D eigenvalue weighted by atomic mass is 9.88. The first-order chi connectivity index (χ1) is 7.02. The average molecular weight is 206 g/mol. The van der Waals surface area contributed by atoms with Crippen molar-refractivity contribution >= 4 is 0 Å². The van der Waals surface area contributed by atoms with Crippen molar-refractivity contribution in [1.29, 1.82) is 0 Å². The molecule has 0 amide bonds. The first-order valence-electron chi connectivity index (χ1n) is 6.14. The molecule has 0 aliphatic heterocycles. The van der Waals surface area contributed by atoms with E-state index >= 15 is 0 Å². The van der Waals surface area contributed by atoms with Gasteiger partial charge in [0.2, 0.25) is 0 Å². The van der Waals surface area contributed by atoms with Crippen molar-refractivity contribution in [3.05, 3.63) is 22.3 Å². The van der Waals surface area contributed by atoms with E-state index in [9.17, 15) is 5.11 Å². The van der Waals surface area contributed by atoms with Crippen LogP contribution in [0.3, 0.4) is 0 Å². The second kappa shape index (κ2) is 3.79. The van der Waals surface area contributed by atoms with Gasteiger partial charge in [-0.15, -0.1) is 0 Å². The number of aliphatic hydroxyl groups is 1. The molecule has 0 bridgehead atoms. The summed E-state index contributed by atoms with van der Waals surface area (Å²) in [4.78, 5) is 0. The van der Waals surface area contributed by atoms with Gasteiger partial charge < -0.3 is 5.11 Å². The molecule has 1 fully saturated rings. The lowest BCUT2D eigenvalue weighted by Gasteiger charge is -2.20. The molecule has 15 heavy (non-hydrogen) atoms. The first-order valence-corrected chi connectivity index (χ1v) is 6.14. The Hall–Kier alpha value is -0.560. The lowest BCUT2D eigenvalue weighted by molar-refractivity contribution is 0.106. The van der Waals surface area contributed by atoms with E-state index in [0.717, 1.165) is 6.42 Å². The molecule has 1 unspecified atom stereocenters. The number of allylic oxidation sites excluding steroid dienone is 2. The van der Waals surface area contributed by atoms with E-state index in [4.69, 9.17) is 0 Å². The highest BCUT2D eigenvalue weighted by atomic mass is 16.3. The van der Waals surface area contributed by atoms with Gasteiger partial charge in [0.1, 0.15) is 0 Å². The van der Waals surface area contributed by atoms with Gasteiger partial charge in [0, 0.05) is 6.42 Å².